The third-order valence-electron chi connectivity index (χ3n) is 5.14. The Hall–Kier alpha value is -3.39. The van der Waals surface area contributed by atoms with Gasteiger partial charge in [-0.25, -0.2) is 4.79 Å². The molecule has 3 heterocycles. The number of fused-ring (bicyclic) bond motifs is 1. The van der Waals surface area contributed by atoms with Crippen molar-refractivity contribution in [2.24, 2.45) is 0 Å². The molecule has 0 spiro atoms. The van der Waals surface area contributed by atoms with Crippen LogP contribution in [0.5, 0.6) is 0 Å². The number of hydrogen-bond donors (Lipinski definition) is 1. The van der Waals surface area contributed by atoms with Crippen molar-refractivity contribution in [1.82, 2.24) is 9.88 Å². The molecule has 2 aromatic heterocycles. The molecule has 0 unspecified atom stereocenters. The van der Waals surface area contributed by atoms with Crippen LogP contribution in [-0.4, -0.2) is 54.3 Å². The number of hydrogen-bond acceptors (Lipinski definition) is 6. The molecule has 0 aliphatic carbocycles. The van der Waals surface area contributed by atoms with Gasteiger partial charge in [-0.05, 0) is 25.0 Å². The highest BCUT2D eigenvalue weighted by atomic mass is 16.5. The van der Waals surface area contributed by atoms with Crippen LogP contribution in [0.2, 0.25) is 0 Å². The van der Waals surface area contributed by atoms with E-state index in [2.05, 4.69) is 4.98 Å². The zero-order valence-corrected chi connectivity index (χ0v) is 16.6. The van der Waals surface area contributed by atoms with E-state index < -0.39 is 18.4 Å². The summed E-state index contributed by atoms with van der Waals surface area (Å²) >= 11 is 0. The first-order valence-corrected chi connectivity index (χ1v) is 9.76. The Morgan fingerprint density at radius 3 is 2.70 bits per heavy atom. The van der Waals surface area contributed by atoms with Crippen molar-refractivity contribution < 1.29 is 28.3 Å². The molecule has 1 amide bonds. The predicted molar refractivity (Wildman–Crippen MR) is 107 cm³/mol. The number of rotatable bonds is 7. The number of ether oxygens (including phenoxy) is 2. The van der Waals surface area contributed by atoms with Crippen molar-refractivity contribution in [1.29, 1.82) is 0 Å². The lowest BCUT2D eigenvalue weighted by atomic mass is 10.1. The Morgan fingerprint density at radius 1 is 1.17 bits per heavy atom. The molecule has 0 saturated carbocycles. The van der Waals surface area contributed by atoms with E-state index >= 15 is 0 Å². The highest BCUT2D eigenvalue weighted by molar-refractivity contribution is 6.02. The maximum Gasteiger partial charge on any atom is 0.375 e. The Bertz CT molecular complexity index is 1090. The van der Waals surface area contributed by atoms with E-state index in [1.54, 1.807) is 17.0 Å². The van der Waals surface area contributed by atoms with E-state index in [0.29, 0.717) is 16.8 Å². The van der Waals surface area contributed by atoms with Crippen LogP contribution in [-0.2, 0) is 16.1 Å². The third kappa shape index (κ3) is 3.86. The van der Waals surface area contributed by atoms with Gasteiger partial charge in [0.05, 0.1) is 6.61 Å². The lowest BCUT2D eigenvalue weighted by Gasteiger charge is -2.13. The SMILES string of the molecule is COCc1c(C(=O)OCC(=O)c2c[nH]c(C(=O)N3CCCC3)c2)oc2ccccc12. The van der Waals surface area contributed by atoms with E-state index in [1.807, 2.05) is 12.1 Å². The number of esters is 1. The lowest BCUT2D eigenvalue weighted by molar-refractivity contribution is 0.0441. The van der Waals surface area contributed by atoms with Gasteiger partial charge in [-0.1, -0.05) is 18.2 Å². The number of amides is 1. The molecule has 156 valence electrons. The summed E-state index contributed by atoms with van der Waals surface area (Å²) in [5.41, 5.74) is 1.75. The van der Waals surface area contributed by atoms with Crippen molar-refractivity contribution >= 4 is 28.6 Å². The number of carbonyl (C=O) groups is 3. The minimum Gasteiger partial charge on any atom is -0.451 e. The second kappa shape index (κ2) is 8.54. The van der Waals surface area contributed by atoms with Gasteiger partial charge in [0, 0.05) is 42.9 Å². The summed E-state index contributed by atoms with van der Waals surface area (Å²) in [7, 11) is 1.52. The Labute approximate surface area is 172 Å². The minimum absolute atomic E-state index is 0.0184. The van der Waals surface area contributed by atoms with Crippen molar-refractivity contribution in [2.45, 2.75) is 19.4 Å². The Morgan fingerprint density at radius 2 is 1.93 bits per heavy atom. The van der Waals surface area contributed by atoms with Crippen LogP contribution in [0.3, 0.4) is 0 Å². The Balaban J connectivity index is 1.43. The van der Waals surface area contributed by atoms with Crippen LogP contribution in [0, 0.1) is 0 Å². The fraction of sp³-hybridized carbons (Fsp3) is 0.318. The van der Waals surface area contributed by atoms with Gasteiger partial charge in [0.1, 0.15) is 11.3 Å². The summed E-state index contributed by atoms with van der Waals surface area (Å²) < 4.78 is 16.0. The maximum atomic E-state index is 12.5. The molecule has 1 fully saturated rings. The Kier molecular flexibility index (Phi) is 5.67. The number of nitrogens with zero attached hydrogens (tertiary/aromatic N) is 1. The van der Waals surface area contributed by atoms with Crippen LogP contribution in [0.1, 0.15) is 49.8 Å². The monoisotopic (exact) mass is 410 g/mol. The molecular formula is C22H22N2O6. The van der Waals surface area contributed by atoms with Crippen LogP contribution in [0.25, 0.3) is 11.0 Å². The second-order valence-corrected chi connectivity index (χ2v) is 7.14. The fourth-order valence-corrected chi connectivity index (χ4v) is 3.60. The van der Waals surface area contributed by atoms with Gasteiger partial charge in [-0.2, -0.15) is 0 Å². The van der Waals surface area contributed by atoms with Crippen molar-refractivity contribution in [3.05, 3.63) is 59.1 Å². The predicted octanol–water partition coefficient (Wildman–Crippen LogP) is 3.18. The number of aromatic amines is 1. The summed E-state index contributed by atoms with van der Waals surface area (Å²) in [5.74, 6) is -1.26. The van der Waals surface area contributed by atoms with Gasteiger partial charge in [0.15, 0.2) is 6.61 Å². The smallest absolute Gasteiger partial charge is 0.375 e. The summed E-state index contributed by atoms with van der Waals surface area (Å²) in [6.07, 6.45) is 3.43. The van der Waals surface area contributed by atoms with Crippen LogP contribution >= 0.6 is 0 Å². The maximum absolute atomic E-state index is 12.5. The number of nitrogens with one attached hydrogen (secondary N) is 1. The molecule has 30 heavy (non-hydrogen) atoms. The quantitative estimate of drug-likeness (QED) is 0.474. The van der Waals surface area contributed by atoms with Gasteiger partial charge in [0.25, 0.3) is 5.91 Å². The first-order valence-electron chi connectivity index (χ1n) is 9.76. The number of furan rings is 1. The molecule has 0 atom stereocenters. The van der Waals surface area contributed by atoms with Crippen molar-refractivity contribution in [3.63, 3.8) is 0 Å². The molecular weight excluding hydrogens is 388 g/mol. The molecule has 3 aromatic rings. The van der Waals surface area contributed by atoms with Crippen LogP contribution in [0.15, 0.2) is 40.9 Å². The molecule has 1 saturated heterocycles. The molecule has 0 radical (unpaired) electrons. The molecule has 1 N–H and O–H groups in total. The van der Waals surface area contributed by atoms with Crippen molar-refractivity contribution in [3.8, 4) is 0 Å². The number of ketones is 1. The third-order valence-corrected chi connectivity index (χ3v) is 5.14. The zero-order chi connectivity index (χ0) is 21.1. The summed E-state index contributed by atoms with van der Waals surface area (Å²) in [6.45, 7) is 1.16. The lowest BCUT2D eigenvalue weighted by Crippen LogP contribution is -2.27. The standard InChI is InChI=1S/C22H22N2O6/c1-28-12-16-15-6-2-3-7-19(15)30-20(16)22(27)29-13-18(25)14-10-17(23-11-14)21(26)24-8-4-5-9-24/h2-3,6-7,10-11,23H,4-5,8-9,12-13H2,1H3. The molecule has 1 aliphatic heterocycles. The number of benzene rings is 1. The first-order chi connectivity index (χ1) is 14.6. The van der Waals surface area contributed by atoms with E-state index in [-0.39, 0.29) is 23.8 Å². The normalized spacial score (nSPS) is 13.7. The summed E-state index contributed by atoms with van der Waals surface area (Å²) in [4.78, 5) is 42.0. The number of Topliss-reactive ketones (excluding diaryl/α,β-unsaturated/α-hetero) is 1. The molecule has 1 aliphatic rings. The largest absolute Gasteiger partial charge is 0.451 e. The van der Waals surface area contributed by atoms with Gasteiger partial charge in [0.2, 0.25) is 11.5 Å². The average molecular weight is 410 g/mol. The summed E-state index contributed by atoms with van der Waals surface area (Å²) in [5, 5.41) is 0.758. The molecule has 1 aromatic carbocycles. The summed E-state index contributed by atoms with van der Waals surface area (Å²) in [6, 6.07) is 8.70. The number of para-hydroxylation sites is 1. The highest BCUT2D eigenvalue weighted by Crippen LogP contribution is 2.27. The fourth-order valence-electron chi connectivity index (χ4n) is 3.60. The van der Waals surface area contributed by atoms with Crippen LogP contribution in [0.4, 0.5) is 0 Å². The van der Waals surface area contributed by atoms with E-state index in [1.165, 1.54) is 19.4 Å². The van der Waals surface area contributed by atoms with E-state index in [4.69, 9.17) is 13.9 Å². The number of H-pyrrole nitrogens is 1. The van der Waals surface area contributed by atoms with Crippen molar-refractivity contribution in [2.75, 3.05) is 26.8 Å². The highest BCUT2D eigenvalue weighted by Gasteiger charge is 2.24. The molecule has 0 bridgehead atoms. The van der Waals surface area contributed by atoms with Gasteiger partial charge in [-0.15, -0.1) is 0 Å². The minimum atomic E-state index is -0.740. The number of carbonyl (C=O) groups excluding carboxylic acids is 3. The molecule has 8 nitrogen and oxygen atoms in total. The topological polar surface area (TPSA) is 102 Å². The zero-order valence-electron chi connectivity index (χ0n) is 16.6. The van der Waals surface area contributed by atoms with Gasteiger partial charge < -0.3 is 23.8 Å². The van der Waals surface area contributed by atoms with Crippen LogP contribution < -0.4 is 0 Å². The van der Waals surface area contributed by atoms with E-state index in [0.717, 1.165) is 31.3 Å². The van der Waals surface area contributed by atoms with Gasteiger partial charge in [-0.3, -0.25) is 9.59 Å². The average Bonchev–Trinajstić information content (AvgIpc) is 3.51. The second-order valence-electron chi connectivity index (χ2n) is 7.14. The van der Waals surface area contributed by atoms with E-state index in [9.17, 15) is 14.4 Å². The molecule has 4 rings (SSSR count). The number of aromatic nitrogens is 1. The van der Waals surface area contributed by atoms with Gasteiger partial charge >= 0.3 is 5.97 Å². The first kappa shape index (κ1) is 19.9. The number of methoxy groups -OCH3 is 1. The number of likely N-dealkylation sites (tertiary alicyclic amines) is 1. The molecule has 8 heteroatoms.